The van der Waals surface area contributed by atoms with E-state index < -0.39 is 0 Å². The fraction of sp³-hybridized carbons (Fsp3) is 0. The minimum Gasteiger partial charge on any atom is -0.330 e. The van der Waals surface area contributed by atoms with Crippen molar-refractivity contribution in [1.29, 1.82) is 0 Å². The number of halogens is 2. The van der Waals surface area contributed by atoms with Gasteiger partial charge >= 0.3 is 0 Å². The van der Waals surface area contributed by atoms with Crippen LogP contribution in [0.2, 0.25) is 0 Å². The molecule has 6 heteroatoms. The lowest BCUT2D eigenvalue weighted by atomic mass is 11.0. The van der Waals surface area contributed by atoms with Gasteiger partial charge in [0, 0.05) is 12.4 Å². The number of anilines is 1. The average molecular weight is 171 g/mol. The summed E-state index contributed by atoms with van der Waals surface area (Å²) in [5.41, 5.74) is 2.34. The highest BCUT2D eigenvalue weighted by molar-refractivity contribution is 5.85. The lowest BCUT2D eigenvalue weighted by Gasteiger charge is -1.85. The van der Waals surface area contributed by atoms with E-state index in [1.165, 1.54) is 0 Å². The molecule has 0 fully saturated rings. The Morgan fingerprint density at radius 3 is 2.44 bits per heavy atom. The van der Waals surface area contributed by atoms with Gasteiger partial charge in [-0.2, -0.15) is 0 Å². The van der Waals surface area contributed by atoms with Gasteiger partial charge in [-0.15, -0.1) is 24.8 Å². The third-order valence-corrected chi connectivity index (χ3v) is 0.635. The first-order valence-electron chi connectivity index (χ1n) is 1.89. The van der Waals surface area contributed by atoms with Crippen molar-refractivity contribution in [2.75, 3.05) is 5.43 Å². The van der Waals surface area contributed by atoms with Gasteiger partial charge < -0.3 is 4.98 Å². The van der Waals surface area contributed by atoms with E-state index in [0.29, 0.717) is 5.95 Å². The van der Waals surface area contributed by atoms with Gasteiger partial charge in [-0.05, 0) is 0 Å². The number of H-pyrrole nitrogens is 1. The van der Waals surface area contributed by atoms with Crippen LogP contribution in [0.15, 0.2) is 12.4 Å². The highest BCUT2D eigenvalue weighted by atomic mass is 35.5. The maximum atomic E-state index is 4.95. The monoisotopic (exact) mass is 170 g/mol. The number of rotatable bonds is 1. The van der Waals surface area contributed by atoms with Gasteiger partial charge in [0.05, 0.1) is 0 Å². The zero-order valence-electron chi connectivity index (χ0n) is 4.50. The molecular weight excluding hydrogens is 163 g/mol. The van der Waals surface area contributed by atoms with E-state index in [-0.39, 0.29) is 24.8 Å². The van der Waals surface area contributed by atoms with Crippen molar-refractivity contribution in [3.63, 3.8) is 0 Å². The molecule has 0 amide bonds. The van der Waals surface area contributed by atoms with E-state index in [4.69, 9.17) is 5.84 Å². The molecule has 54 valence electrons. The first kappa shape index (κ1) is 11.4. The van der Waals surface area contributed by atoms with Crippen LogP contribution in [-0.4, -0.2) is 9.97 Å². The normalized spacial score (nSPS) is 6.78. The molecule has 0 atom stereocenters. The Morgan fingerprint density at radius 1 is 1.56 bits per heavy atom. The van der Waals surface area contributed by atoms with Crippen molar-refractivity contribution in [2.24, 2.45) is 5.84 Å². The summed E-state index contributed by atoms with van der Waals surface area (Å²) in [6.07, 6.45) is 3.31. The third-order valence-electron chi connectivity index (χ3n) is 0.635. The zero-order valence-corrected chi connectivity index (χ0v) is 6.13. The molecule has 4 nitrogen and oxygen atoms in total. The van der Waals surface area contributed by atoms with Crippen molar-refractivity contribution in [1.82, 2.24) is 9.97 Å². The molecule has 0 spiro atoms. The summed E-state index contributed by atoms with van der Waals surface area (Å²) in [5, 5.41) is 0. The highest BCUT2D eigenvalue weighted by Gasteiger charge is 1.81. The van der Waals surface area contributed by atoms with Crippen LogP contribution in [0.1, 0.15) is 0 Å². The van der Waals surface area contributed by atoms with Crippen molar-refractivity contribution < 1.29 is 0 Å². The first-order chi connectivity index (χ1) is 3.43. The van der Waals surface area contributed by atoms with E-state index in [1.807, 2.05) is 0 Å². The molecule has 0 radical (unpaired) electrons. The Hall–Kier alpha value is -0.450. The summed E-state index contributed by atoms with van der Waals surface area (Å²) >= 11 is 0. The predicted octanol–water partition coefficient (Wildman–Crippen LogP) is 0.539. The first-order valence-corrected chi connectivity index (χ1v) is 1.89. The van der Waals surface area contributed by atoms with Gasteiger partial charge in [0.25, 0.3) is 0 Å². The molecule has 0 aliphatic heterocycles. The number of aromatic nitrogens is 2. The number of hydrogen-bond acceptors (Lipinski definition) is 3. The van der Waals surface area contributed by atoms with Gasteiger partial charge in [0.2, 0.25) is 5.95 Å². The summed E-state index contributed by atoms with van der Waals surface area (Å²) in [4.78, 5) is 6.48. The predicted molar refractivity (Wildman–Crippen MR) is 40.9 cm³/mol. The van der Waals surface area contributed by atoms with Crippen LogP contribution in [0.3, 0.4) is 0 Å². The van der Waals surface area contributed by atoms with E-state index >= 15 is 0 Å². The summed E-state index contributed by atoms with van der Waals surface area (Å²) in [7, 11) is 0. The number of hydrogen-bond donors (Lipinski definition) is 3. The van der Waals surface area contributed by atoms with Crippen molar-refractivity contribution in [3.8, 4) is 0 Å². The smallest absolute Gasteiger partial charge is 0.214 e. The van der Waals surface area contributed by atoms with Crippen molar-refractivity contribution in [2.45, 2.75) is 0 Å². The summed E-state index contributed by atoms with van der Waals surface area (Å²) in [5.74, 6) is 5.53. The van der Waals surface area contributed by atoms with E-state index in [9.17, 15) is 0 Å². The zero-order chi connectivity index (χ0) is 5.11. The molecule has 1 heterocycles. The maximum Gasteiger partial charge on any atom is 0.214 e. The Kier molecular flexibility index (Phi) is 7.17. The number of imidazole rings is 1. The van der Waals surface area contributed by atoms with E-state index in [2.05, 4.69) is 15.4 Å². The number of nitrogens with one attached hydrogen (secondary N) is 2. The fourth-order valence-electron chi connectivity index (χ4n) is 0.344. The Labute approximate surface area is 65.0 Å². The second-order valence-corrected chi connectivity index (χ2v) is 1.08. The van der Waals surface area contributed by atoms with Gasteiger partial charge in [-0.25, -0.2) is 10.8 Å². The highest BCUT2D eigenvalue weighted by Crippen LogP contribution is 1.87. The van der Waals surface area contributed by atoms with Crippen LogP contribution < -0.4 is 11.3 Å². The minimum absolute atomic E-state index is 0. The number of nitrogens with two attached hydrogens (primary N) is 1. The molecule has 1 aromatic heterocycles. The molecule has 0 aliphatic carbocycles. The molecule has 0 unspecified atom stereocenters. The number of nitrogen functional groups attached to an aromatic ring is 1. The largest absolute Gasteiger partial charge is 0.330 e. The van der Waals surface area contributed by atoms with Crippen LogP contribution in [-0.2, 0) is 0 Å². The quantitative estimate of drug-likeness (QED) is 0.426. The van der Waals surface area contributed by atoms with Crippen molar-refractivity contribution in [3.05, 3.63) is 12.4 Å². The molecule has 1 aromatic rings. The Bertz CT molecular complexity index is 128. The standard InChI is InChI=1S/C3H6N4.2ClH/c4-7-3-5-1-2-6-3;;/h1-2H,4H2,(H2,5,6,7);2*1H. The Balaban J connectivity index is 0. The molecule has 0 aromatic carbocycles. The molecule has 0 bridgehead atoms. The fourth-order valence-corrected chi connectivity index (χ4v) is 0.344. The van der Waals surface area contributed by atoms with Crippen LogP contribution in [0.4, 0.5) is 5.95 Å². The molecule has 4 N–H and O–H groups in total. The van der Waals surface area contributed by atoms with Crippen LogP contribution in [0, 0.1) is 0 Å². The molecular formula is C3H8Cl2N4. The van der Waals surface area contributed by atoms with E-state index in [1.54, 1.807) is 12.4 Å². The number of hydrazine groups is 1. The topological polar surface area (TPSA) is 66.7 Å². The average Bonchev–Trinajstić information content (AvgIpc) is 2.14. The number of nitrogens with zero attached hydrogens (tertiary/aromatic N) is 1. The Morgan fingerprint density at radius 2 is 2.22 bits per heavy atom. The third kappa shape index (κ3) is 3.18. The molecule has 0 saturated heterocycles. The van der Waals surface area contributed by atoms with Crippen LogP contribution >= 0.6 is 24.8 Å². The maximum absolute atomic E-state index is 4.95. The lowest BCUT2D eigenvalue weighted by molar-refractivity contribution is 1.20. The van der Waals surface area contributed by atoms with Crippen LogP contribution in [0.5, 0.6) is 0 Å². The summed E-state index contributed by atoms with van der Waals surface area (Å²) in [6.45, 7) is 0. The summed E-state index contributed by atoms with van der Waals surface area (Å²) < 4.78 is 0. The molecule has 9 heavy (non-hydrogen) atoms. The van der Waals surface area contributed by atoms with Crippen molar-refractivity contribution >= 4 is 30.8 Å². The second-order valence-electron chi connectivity index (χ2n) is 1.08. The van der Waals surface area contributed by atoms with Gasteiger partial charge in [-0.1, -0.05) is 0 Å². The molecule has 0 saturated carbocycles. The van der Waals surface area contributed by atoms with E-state index in [0.717, 1.165) is 0 Å². The summed E-state index contributed by atoms with van der Waals surface area (Å²) in [6, 6.07) is 0. The minimum atomic E-state index is 0. The second kappa shape index (κ2) is 5.68. The van der Waals surface area contributed by atoms with Gasteiger partial charge in [-0.3, -0.25) is 5.43 Å². The molecule has 1 rings (SSSR count). The SMILES string of the molecule is Cl.Cl.NNc1ncc[nH]1. The number of aromatic amines is 1. The van der Waals surface area contributed by atoms with Crippen LogP contribution in [0.25, 0.3) is 0 Å². The van der Waals surface area contributed by atoms with Gasteiger partial charge in [0.15, 0.2) is 0 Å². The lowest BCUT2D eigenvalue weighted by Crippen LogP contribution is -2.07. The van der Waals surface area contributed by atoms with Gasteiger partial charge in [0.1, 0.15) is 0 Å². The molecule has 0 aliphatic rings.